The van der Waals surface area contributed by atoms with E-state index in [0.29, 0.717) is 12.8 Å². The Balaban J connectivity index is 1.73. The molecule has 1 saturated heterocycles. The van der Waals surface area contributed by atoms with Crippen molar-refractivity contribution in [2.45, 2.75) is 68.6 Å². The molecule has 2 aromatic rings. The van der Waals surface area contributed by atoms with Crippen LogP contribution in [0.5, 0.6) is 5.75 Å². The number of carbonyl (C=O) groups excluding carboxylic acids is 1. The normalized spacial score (nSPS) is 28.9. The summed E-state index contributed by atoms with van der Waals surface area (Å²) in [4.78, 5) is 21.3. The van der Waals surface area contributed by atoms with Crippen molar-refractivity contribution in [2.24, 2.45) is 10.7 Å². The van der Waals surface area contributed by atoms with Crippen molar-refractivity contribution >= 4 is 27.3 Å². The van der Waals surface area contributed by atoms with Gasteiger partial charge in [-0.1, -0.05) is 0 Å². The summed E-state index contributed by atoms with van der Waals surface area (Å²) in [6.07, 6.45) is 2.18. The van der Waals surface area contributed by atoms with Crippen LogP contribution in [0, 0.1) is 12.7 Å². The van der Waals surface area contributed by atoms with Crippen molar-refractivity contribution in [3.8, 4) is 5.75 Å². The predicted molar refractivity (Wildman–Crippen MR) is 129 cm³/mol. The number of nitrogens with two attached hydrogens (primary N) is 1. The standard InChI is InChI=1S/C24H27F3N4O4S/c1-13-10-15(35-21(26)27)12-29-18(13)19(32)30-14-6-7-17(25)16(11-14)24(4)23(3)9-5-8-22(2,20(28)31-24)36(23,33)34/h6-7,10-12,21H,5,8-9H2,1-4H3,(H2,28,31)(H,30,32)/t22-,23+,24+/m0/s1. The van der Waals surface area contributed by atoms with Gasteiger partial charge in [0, 0.05) is 11.3 Å². The molecule has 8 nitrogen and oxygen atoms in total. The molecule has 3 N–H and O–H groups in total. The maximum atomic E-state index is 15.2. The Morgan fingerprint density at radius 2 is 1.89 bits per heavy atom. The van der Waals surface area contributed by atoms with E-state index in [1.54, 1.807) is 20.8 Å². The highest BCUT2D eigenvalue weighted by atomic mass is 32.2. The molecular weight excluding hydrogens is 497 g/mol. The summed E-state index contributed by atoms with van der Waals surface area (Å²) in [5, 5.41) is 2.60. The average Bonchev–Trinajstić information content (AvgIpc) is 2.77. The zero-order chi connectivity index (χ0) is 26.7. The molecule has 0 spiro atoms. The number of hydrogen-bond donors (Lipinski definition) is 2. The van der Waals surface area contributed by atoms with Crippen molar-refractivity contribution in [1.82, 2.24) is 4.98 Å². The zero-order valence-corrected chi connectivity index (χ0v) is 21.0. The third kappa shape index (κ3) is 3.64. The number of aliphatic imine (C=N–C) groups is 1. The van der Waals surface area contributed by atoms with Gasteiger partial charge in [0.05, 0.1) is 10.9 Å². The van der Waals surface area contributed by atoms with E-state index in [1.807, 2.05) is 0 Å². The molecule has 1 amide bonds. The molecule has 3 atom stereocenters. The van der Waals surface area contributed by atoms with Gasteiger partial charge in [-0.05, 0) is 76.8 Å². The van der Waals surface area contributed by atoms with Crippen LogP contribution in [0.15, 0.2) is 35.5 Å². The molecule has 0 radical (unpaired) electrons. The lowest BCUT2D eigenvalue weighted by atomic mass is 9.74. The number of amidine groups is 1. The van der Waals surface area contributed by atoms with Crippen LogP contribution in [-0.4, -0.2) is 41.3 Å². The molecule has 12 heteroatoms. The van der Waals surface area contributed by atoms with Crippen LogP contribution in [0.2, 0.25) is 0 Å². The third-order valence-corrected chi connectivity index (χ3v) is 11.0. The van der Waals surface area contributed by atoms with E-state index >= 15 is 4.39 Å². The lowest BCUT2D eigenvalue weighted by Gasteiger charge is -2.55. The van der Waals surface area contributed by atoms with Gasteiger partial charge >= 0.3 is 6.61 Å². The second-order valence-corrected chi connectivity index (χ2v) is 12.6. The van der Waals surface area contributed by atoms with E-state index in [-0.39, 0.29) is 40.5 Å². The molecule has 0 saturated carbocycles. The van der Waals surface area contributed by atoms with Crippen molar-refractivity contribution in [1.29, 1.82) is 0 Å². The minimum Gasteiger partial charge on any atom is -0.433 e. The number of hydrogen-bond acceptors (Lipinski definition) is 7. The van der Waals surface area contributed by atoms with E-state index in [4.69, 9.17) is 5.73 Å². The summed E-state index contributed by atoms with van der Waals surface area (Å²) >= 11 is 0. The molecule has 36 heavy (non-hydrogen) atoms. The molecule has 3 heterocycles. The largest absolute Gasteiger partial charge is 0.433 e. The number of sulfone groups is 1. The topological polar surface area (TPSA) is 124 Å². The van der Waals surface area contributed by atoms with Crippen LogP contribution >= 0.6 is 0 Å². The van der Waals surface area contributed by atoms with Gasteiger partial charge in [0.25, 0.3) is 5.91 Å². The smallest absolute Gasteiger partial charge is 0.387 e. The van der Waals surface area contributed by atoms with Crippen LogP contribution in [0.3, 0.4) is 0 Å². The number of benzene rings is 1. The van der Waals surface area contributed by atoms with E-state index in [0.717, 1.165) is 12.3 Å². The maximum absolute atomic E-state index is 15.2. The summed E-state index contributed by atoms with van der Waals surface area (Å²) < 4.78 is 69.1. The van der Waals surface area contributed by atoms with Crippen LogP contribution in [0.25, 0.3) is 0 Å². The molecule has 1 aromatic heterocycles. The monoisotopic (exact) mass is 524 g/mol. The number of fused-ring (bicyclic) bond motifs is 2. The highest BCUT2D eigenvalue weighted by molar-refractivity contribution is 7.95. The van der Waals surface area contributed by atoms with Gasteiger partial charge in [0.1, 0.15) is 33.4 Å². The Morgan fingerprint density at radius 1 is 1.19 bits per heavy atom. The number of halogens is 3. The molecule has 2 bridgehead atoms. The average molecular weight is 525 g/mol. The van der Waals surface area contributed by atoms with E-state index in [1.165, 1.54) is 25.1 Å². The first-order chi connectivity index (χ1) is 16.7. The number of alkyl halides is 2. The number of aromatic nitrogens is 1. The Morgan fingerprint density at radius 3 is 2.53 bits per heavy atom. The molecule has 0 unspecified atom stereocenters. The molecule has 1 aromatic carbocycles. The Kier molecular flexibility index (Phi) is 6.09. The number of amides is 1. The Hall–Kier alpha value is -3.15. The minimum atomic E-state index is -3.87. The first-order valence-corrected chi connectivity index (χ1v) is 12.8. The van der Waals surface area contributed by atoms with Gasteiger partial charge < -0.3 is 15.8 Å². The lowest BCUT2D eigenvalue weighted by molar-refractivity contribution is -0.0501. The molecule has 2 aliphatic heterocycles. The first kappa shape index (κ1) is 25.9. The number of carbonyl (C=O) groups is 1. The molecule has 4 rings (SSSR count). The zero-order valence-electron chi connectivity index (χ0n) is 20.2. The summed E-state index contributed by atoms with van der Waals surface area (Å²) in [5.41, 5.74) is 5.01. The van der Waals surface area contributed by atoms with Gasteiger partial charge in [-0.3, -0.25) is 9.79 Å². The molecule has 1 fully saturated rings. The number of ether oxygens (including phenoxy) is 1. The SMILES string of the molecule is Cc1cc(OC(F)F)cnc1C(=O)Nc1ccc(F)c([C@@]2(C)N=C(N)[C@]3(C)CCC[C@@]2(C)S3(=O)=O)c1. The Labute approximate surface area is 207 Å². The van der Waals surface area contributed by atoms with Crippen LogP contribution < -0.4 is 15.8 Å². The fraction of sp³-hybridized carbons (Fsp3) is 0.458. The lowest BCUT2D eigenvalue weighted by Crippen LogP contribution is -2.69. The number of anilines is 1. The number of pyridine rings is 1. The predicted octanol–water partition coefficient (Wildman–Crippen LogP) is 4.08. The van der Waals surface area contributed by atoms with Crippen molar-refractivity contribution in [2.75, 3.05) is 5.32 Å². The molecular formula is C24H27F3N4O4S. The Bertz CT molecular complexity index is 1380. The summed E-state index contributed by atoms with van der Waals surface area (Å²) in [5.74, 6) is -1.63. The number of nitrogens with one attached hydrogen (secondary N) is 1. The molecule has 2 aliphatic rings. The van der Waals surface area contributed by atoms with Gasteiger partial charge in [0.2, 0.25) is 0 Å². The summed E-state index contributed by atoms with van der Waals surface area (Å²) in [6.45, 7) is 3.13. The number of aryl methyl sites for hydroxylation is 1. The van der Waals surface area contributed by atoms with E-state index in [9.17, 15) is 22.0 Å². The van der Waals surface area contributed by atoms with Crippen LogP contribution in [0.1, 0.15) is 61.6 Å². The summed E-state index contributed by atoms with van der Waals surface area (Å²) in [6, 6.07) is 5.03. The van der Waals surface area contributed by atoms with E-state index < -0.39 is 43.2 Å². The number of rotatable bonds is 5. The highest BCUT2D eigenvalue weighted by Crippen LogP contribution is 2.56. The van der Waals surface area contributed by atoms with Gasteiger partial charge in [-0.2, -0.15) is 8.78 Å². The van der Waals surface area contributed by atoms with Gasteiger partial charge in [-0.15, -0.1) is 0 Å². The molecule has 0 aliphatic carbocycles. The molecule has 194 valence electrons. The van der Waals surface area contributed by atoms with Crippen molar-refractivity contribution in [3.05, 3.63) is 53.1 Å². The van der Waals surface area contributed by atoms with Crippen LogP contribution in [0.4, 0.5) is 18.9 Å². The van der Waals surface area contributed by atoms with Crippen molar-refractivity contribution < 1.29 is 31.1 Å². The second kappa shape index (κ2) is 8.46. The minimum absolute atomic E-state index is 0.0244. The van der Waals surface area contributed by atoms with Crippen molar-refractivity contribution in [3.63, 3.8) is 0 Å². The second-order valence-electron chi connectivity index (χ2n) is 9.75. The third-order valence-electron chi connectivity index (χ3n) is 7.65. The highest BCUT2D eigenvalue weighted by Gasteiger charge is 2.67. The van der Waals surface area contributed by atoms with Gasteiger partial charge in [0.15, 0.2) is 9.84 Å². The van der Waals surface area contributed by atoms with Gasteiger partial charge in [-0.25, -0.2) is 17.8 Å². The van der Waals surface area contributed by atoms with E-state index in [2.05, 4.69) is 20.0 Å². The first-order valence-electron chi connectivity index (χ1n) is 11.3. The van der Waals surface area contributed by atoms with Crippen LogP contribution in [-0.2, 0) is 15.4 Å². The number of nitrogens with zero attached hydrogens (tertiary/aromatic N) is 2. The maximum Gasteiger partial charge on any atom is 0.387 e. The quantitative estimate of drug-likeness (QED) is 0.607. The fourth-order valence-corrected chi connectivity index (χ4v) is 8.06. The fourth-order valence-electron chi connectivity index (χ4n) is 5.24. The summed E-state index contributed by atoms with van der Waals surface area (Å²) in [7, 11) is -3.87.